The minimum atomic E-state index is -4.12. The molecular weight excluding hydrogens is 607 g/mol. The lowest BCUT2D eigenvalue weighted by atomic mass is 9.94. The molecule has 246 valence electrons. The average molecular weight is 652 g/mol. The van der Waals surface area contributed by atoms with Gasteiger partial charge < -0.3 is 10.2 Å². The molecule has 1 aliphatic rings. The molecule has 0 spiro atoms. The van der Waals surface area contributed by atoms with Crippen LogP contribution in [0.1, 0.15) is 61.3 Å². The van der Waals surface area contributed by atoms with E-state index >= 15 is 0 Å². The van der Waals surface area contributed by atoms with Crippen molar-refractivity contribution in [1.29, 1.82) is 0 Å². The standard InChI is InChI=1S/C39H45N3O4S/c1-3-31-22-24-35(25-23-31)42(47(45,46)36-20-11-6-12-21-36)29-38(43)41(28-33-17-13-14-30(2)26-33)37(27-32-15-7-4-8-16-32)39(44)40-34-18-9-5-10-19-34/h4,6-8,11-17,20-26,34,37H,3,5,9-10,18-19,27-29H2,1-2H3,(H,40,44)/t37-/m1/s1. The van der Waals surface area contributed by atoms with E-state index in [2.05, 4.69) is 5.32 Å². The monoisotopic (exact) mass is 651 g/mol. The zero-order valence-corrected chi connectivity index (χ0v) is 28.2. The third kappa shape index (κ3) is 8.89. The van der Waals surface area contributed by atoms with E-state index in [0.29, 0.717) is 12.1 Å². The summed E-state index contributed by atoms with van der Waals surface area (Å²) < 4.78 is 29.5. The summed E-state index contributed by atoms with van der Waals surface area (Å²) >= 11 is 0. The highest BCUT2D eigenvalue weighted by Crippen LogP contribution is 2.26. The third-order valence-electron chi connectivity index (χ3n) is 8.90. The second kappa shape index (κ2) is 15.9. The number of hydrogen-bond donors (Lipinski definition) is 1. The van der Waals surface area contributed by atoms with Crippen molar-refractivity contribution in [2.45, 2.75) is 82.3 Å². The van der Waals surface area contributed by atoms with Gasteiger partial charge in [-0.25, -0.2) is 8.42 Å². The van der Waals surface area contributed by atoms with Gasteiger partial charge in [-0.05, 0) is 67.1 Å². The Balaban J connectivity index is 1.56. The molecule has 4 aromatic carbocycles. The molecule has 0 unspecified atom stereocenters. The number of aryl methyl sites for hydroxylation is 2. The molecule has 4 aromatic rings. The average Bonchev–Trinajstić information content (AvgIpc) is 3.10. The van der Waals surface area contributed by atoms with Crippen molar-refractivity contribution < 1.29 is 18.0 Å². The highest BCUT2D eigenvalue weighted by atomic mass is 32.2. The van der Waals surface area contributed by atoms with E-state index in [4.69, 9.17) is 0 Å². The van der Waals surface area contributed by atoms with Crippen LogP contribution in [0.4, 0.5) is 5.69 Å². The lowest BCUT2D eigenvalue weighted by Gasteiger charge is -2.35. The SMILES string of the molecule is CCc1ccc(N(CC(=O)N(Cc2cccc(C)c2)[C@H](Cc2ccccc2)C(=O)NC2CCCCC2)S(=O)(=O)c2ccccc2)cc1. The van der Waals surface area contributed by atoms with Gasteiger partial charge in [-0.1, -0.05) is 117 Å². The van der Waals surface area contributed by atoms with Gasteiger partial charge in [-0.2, -0.15) is 0 Å². The van der Waals surface area contributed by atoms with Gasteiger partial charge in [0.15, 0.2) is 0 Å². The maximum Gasteiger partial charge on any atom is 0.264 e. The van der Waals surface area contributed by atoms with Crippen LogP contribution in [0.3, 0.4) is 0 Å². The molecule has 0 bridgehead atoms. The molecule has 1 N–H and O–H groups in total. The summed E-state index contributed by atoms with van der Waals surface area (Å²) in [6, 6.07) is 32.2. The molecule has 0 saturated heterocycles. The van der Waals surface area contributed by atoms with E-state index in [1.54, 1.807) is 35.2 Å². The smallest absolute Gasteiger partial charge is 0.264 e. The molecule has 1 fully saturated rings. The van der Waals surface area contributed by atoms with E-state index < -0.39 is 28.5 Å². The van der Waals surface area contributed by atoms with Gasteiger partial charge >= 0.3 is 0 Å². The van der Waals surface area contributed by atoms with Gasteiger partial charge in [-0.3, -0.25) is 13.9 Å². The second-order valence-electron chi connectivity index (χ2n) is 12.4. The number of amides is 2. The fourth-order valence-corrected chi connectivity index (χ4v) is 7.69. The van der Waals surface area contributed by atoms with Crippen LogP contribution in [-0.4, -0.2) is 43.8 Å². The highest BCUT2D eigenvalue weighted by molar-refractivity contribution is 7.92. The summed E-state index contributed by atoms with van der Waals surface area (Å²) in [5, 5.41) is 3.26. The van der Waals surface area contributed by atoms with Crippen LogP contribution in [0.2, 0.25) is 0 Å². The first-order valence-electron chi connectivity index (χ1n) is 16.6. The molecule has 0 heterocycles. The second-order valence-corrected chi connectivity index (χ2v) is 14.3. The Labute approximate surface area is 279 Å². The lowest BCUT2D eigenvalue weighted by Crippen LogP contribution is -2.55. The van der Waals surface area contributed by atoms with Crippen molar-refractivity contribution in [2.24, 2.45) is 0 Å². The molecular formula is C39H45N3O4S. The Kier molecular flexibility index (Phi) is 11.5. The maximum absolute atomic E-state index is 14.7. The van der Waals surface area contributed by atoms with Crippen molar-refractivity contribution in [3.8, 4) is 0 Å². The Bertz CT molecular complexity index is 1720. The quantitative estimate of drug-likeness (QED) is 0.172. The molecule has 8 heteroatoms. The summed E-state index contributed by atoms with van der Waals surface area (Å²) in [6.07, 6.45) is 6.19. The van der Waals surface area contributed by atoms with Crippen molar-refractivity contribution in [2.75, 3.05) is 10.8 Å². The van der Waals surface area contributed by atoms with E-state index in [-0.39, 0.29) is 23.4 Å². The first kappa shape index (κ1) is 33.9. The number of carbonyl (C=O) groups is 2. The van der Waals surface area contributed by atoms with Crippen LogP contribution < -0.4 is 9.62 Å². The van der Waals surface area contributed by atoms with Gasteiger partial charge in [0.1, 0.15) is 12.6 Å². The largest absolute Gasteiger partial charge is 0.352 e. The van der Waals surface area contributed by atoms with Crippen LogP contribution in [0.5, 0.6) is 0 Å². The molecule has 1 atom stereocenters. The van der Waals surface area contributed by atoms with Crippen molar-refractivity contribution >= 4 is 27.5 Å². The minimum Gasteiger partial charge on any atom is -0.352 e. The Morgan fingerprint density at radius 2 is 1.43 bits per heavy atom. The number of sulfonamides is 1. The molecule has 1 saturated carbocycles. The summed E-state index contributed by atoms with van der Waals surface area (Å²) in [5.74, 6) is -0.670. The Morgan fingerprint density at radius 3 is 2.06 bits per heavy atom. The molecule has 0 aromatic heterocycles. The molecule has 7 nitrogen and oxygen atoms in total. The van der Waals surface area contributed by atoms with E-state index in [1.807, 2.05) is 80.6 Å². The van der Waals surface area contributed by atoms with Crippen molar-refractivity contribution in [3.63, 3.8) is 0 Å². The van der Waals surface area contributed by atoms with Crippen LogP contribution in [0, 0.1) is 6.92 Å². The van der Waals surface area contributed by atoms with Crippen LogP contribution >= 0.6 is 0 Å². The topological polar surface area (TPSA) is 86.8 Å². The fourth-order valence-electron chi connectivity index (χ4n) is 6.25. The molecule has 2 amide bonds. The van der Waals surface area contributed by atoms with Crippen LogP contribution in [0.25, 0.3) is 0 Å². The van der Waals surface area contributed by atoms with Crippen molar-refractivity contribution in [1.82, 2.24) is 10.2 Å². The van der Waals surface area contributed by atoms with Crippen LogP contribution in [0.15, 0.2) is 114 Å². The number of hydrogen-bond acceptors (Lipinski definition) is 4. The zero-order valence-electron chi connectivity index (χ0n) is 27.3. The number of rotatable bonds is 13. The van der Waals surface area contributed by atoms with Crippen LogP contribution in [-0.2, 0) is 39.0 Å². The molecule has 5 rings (SSSR count). The fraction of sp³-hybridized carbons (Fsp3) is 0.333. The van der Waals surface area contributed by atoms with E-state index in [9.17, 15) is 18.0 Å². The predicted octanol–water partition coefficient (Wildman–Crippen LogP) is 6.84. The number of nitrogens with zero attached hydrogens (tertiary/aromatic N) is 2. The highest BCUT2D eigenvalue weighted by Gasteiger charge is 2.35. The van der Waals surface area contributed by atoms with E-state index in [0.717, 1.165) is 60.8 Å². The molecule has 47 heavy (non-hydrogen) atoms. The number of carbonyl (C=O) groups excluding carboxylic acids is 2. The Morgan fingerprint density at radius 1 is 0.787 bits per heavy atom. The molecule has 1 aliphatic carbocycles. The van der Waals surface area contributed by atoms with Crippen molar-refractivity contribution in [3.05, 3.63) is 131 Å². The summed E-state index contributed by atoms with van der Waals surface area (Å²) in [4.78, 5) is 30.6. The summed E-state index contributed by atoms with van der Waals surface area (Å²) in [6.45, 7) is 3.72. The minimum absolute atomic E-state index is 0.0532. The number of nitrogens with one attached hydrogen (secondary N) is 1. The first-order chi connectivity index (χ1) is 22.7. The predicted molar refractivity (Wildman–Crippen MR) is 187 cm³/mol. The van der Waals surface area contributed by atoms with Gasteiger partial charge in [0.2, 0.25) is 11.8 Å². The summed E-state index contributed by atoms with van der Waals surface area (Å²) in [5.41, 5.74) is 4.26. The third-order valence-corrected chi connectivity index (χ3v) is 10.7. The van der Waals surface area contributed by atoms with E-state index in [1.165, 1.54) is 16.4 Å². The zero-order chi connectivity index (χ0) is 33.2. The Hall–Kier alpha value is -4.43. The van der Waals surface area contributed by atoms with Gasteiger partial charge in [0.05, 0.1) is 10.6 Å². The van der Waals surface area contributed by atoms with Gasteiger partial charge in [0.25, 0.3) is 10.0 Å². The normalized spacial score (nSPS) is 14.3. The number of benzene rings is 4. The lowest BCUT2D eigenvalue weighted by molar-refractivity contribution is -0.140. The van der Waals surface area contributed by atoms with Gasteiger partial charge in [0, 0.05) is 19.0 Å². The van der Waals surface area contributed by atoms with Gasteiger partial charge in [-0.15, -0.1) is 0 Å². The first-order valence-corrected chi connectivity index (χ1v) is 18.0. The number of anilines is 1. The maximum atomic E-state index is 14.7. The summed E-state index contributed by atoms with van der Waals surface area (Å²) in [7, 11) is -4.12. The molecule has 0 radical (unpaired) electrons. The molecule has 0 aliphatic heterocycles.